The van der Waals surface area contributed by atoms with Crippen LogP contribution in [0.2, 0.25) is 0 Å². The predicted molar refractivity (Wildman–Crippen MR) is 69.1 cm³/mol. The molecule has 17 heavy (non-hydrogen) atoms. The molecule has 2 heterocycles. The lowest BCUT2D eigenvalue weighted by atomic mass is 10.1. The highest BCUT2D eigenvalue weighted by molar-refractivity contribution is 5.78. The van der Waals surface area contributed by atoms with Crippen molar-refractivity contribution in [3.63, 3.8) is 0 Å². The van der Waals surface area contributed by atoms with Crippen LogP contribution in [0.3, 0.4) is 0 Å². The fourth-order valence-corrected chi connectivity index (χ4v) is 2.37. The minimum Gasteiger partial charge on any atom is -0.314 e. The largest absolute Gasteiger partial charge is 0.314 e. The van der Waals surface area contributed by atoms with E-state index in [2.05, 4.69) is 38.6 Å². The van der Waals surface area contributed by atoms with Gasteiger partial charge < -0.3 is 10.2 Å². The second kappa shape index (κ2) is 4.85. The molecule has 4 heteroatoms. The molecule has 0 unspecified atom stereocenters. The number of piperazine rings is 1. The van der Waals surface area contributed by atoms with Gasteiger partial charge in [-0.2, -0.15) is 5.10 Å². The highest BCUT2D eigenvalue weighted by Crippen LogP contribution is 2.13. The molecular weight excluding hydrogens is 212 g/mol. The van der Waals surface area contributed by atoms with Crippen molar-refractivity contribution in [3.05, 3.63) is 30.0 Å². The third-order valence-corrected chi connectivity index (χ3v) is 3.43. The van der Waals surface area contributed by atoms with Gasteiger partial charge in [-0.15, -0.1) is 0 Å². The quantitative estimate of drug-likeness (QED) is 0.827. The molecule has 1 aliphatic rings. The molecule has 2 N–H and O–H groups in total. The highest BCUT2D eigenvalue weighted by atomic mass is 15.2. The fourth-order valence-electron chi connectivity index (χ4n) is 2.37. The van der Waals surface area contributed by atoms with Crippen LogP contribution >= 0.6 is 0 Å². The van der Waals surface area contributed by atoms with E-state index in [0.717, 1.165) is 31.6 Å². The highest BCUT2D eigenvalue weighted by Gasteiger charge is 2.09. The average molecular weight is 230 g/mol. The SMILES string of the molecule is c1cc2[nH]ncc2cc1CCN1CCNCC1. The molecule has 0 radical (unpaired) electrons. The van der Waals surface area contributed by atoms with Gasteiger partial charge in [0.15, 0.2) is 0 Å². The average Bonchev–Trinajstić information content (AvgIpc) is 2.85. The van der Waals surface area contributed by atoms with Crippen molar-refractivity contribution in [2.75, 3.05) is 32.7 Å². The van der Waals surface area contributed by atoms with Crippen molar-refractivity contribution in [1.82, 2.24) is 20.4 Å². The first-order valence-corrected chi connectivity index (χ1v) is 6.27. The van der Waals surface area contributed by atoms with Crippen molar-refractivity contribution < 1.29 is 0 Å². The molecule has 1 aromatic carbocycles. The Hall–Kier alpha value is -1.39. The van der Waals surface area contributed by atoms with Gasteiger partial charge in [-0.05, 0) is 24.1 Å². The molecule has 1 saturated heterocycles. The first-order valence-electron chi connectivity index (χ1n) is 6.27. The molecule has 0 spiro atoms. The summed E-state index contributed by atoms with van der Waals surface area (Å²) < 4.78 is 0. The van der Waals surface area contributed by atoms with Crippen molar-refractivity contribution in [1.29, 1.82) is 0 Å². The van der Waals surface area contributed by atoms with Gasteiger partial charge in [-0.25, -0.2) is 0 Å². The number of hydrogen-bond donors (Lipinski definition) is 2. The summed E-state index contributed by atoms with van der Waals surface area (Å²) >= 11 is 0. The van der Waals surface area contributed by atoms with E-state index in [1.54, 1.807) is 0 Å². The summed E-state index contributed by atoms with van der Waals surface area (Å²) in [5.74, 6) is 0. The standard InChI is InChI=1S/C13H18N4/c1-2-13-12(10-15-16-13)9-11(1)3-6-17-7-4-14-5-8-17/h1-2,9-10,14H,3-8H2,(H,15,16). The zero-order chi connectivity index (χ0) is 11.5. The Bertz CT molecular complexity index is 485. The lowest BCUT2D eigenvalue weighted by Crippen LogP contribution is -2.44. The number of nitrogens with one attached hydrogen (secondary N) is 2. The van der Waals surface area contributed by atoms with Gasteiger partial charge in [-0.1, -0.05) is 6.07 Å². The van der Waals surface area contributed by atoms with Gasteiger partial charge >= 0.3 is 0 Å². The van der Waals surface area contributed by atoms with Crippen molar-refractivity contribution >= 4 is 10.9 Å². The minimum absolute atomic E-state index is 1.12. The molecule has 0 atom stereocenters. The van der Waals surface area contributed by atoms with E-state index in [0.29, 0.717) is 0 Å². The van der Waals surface area contributed by atoms with Crippen LogP contribution in [0.4, 0.5) is 0 Å². The topological polar surface area (TPSA) is 44.0 Å². The summed E-state index contributed by atoms with van der Waals surface area (Å²) in [6.45, 7) is 5.76. The van der Waals surface area contributed by atoms with Crippen LogP contribution in [0.5, 0.6) is 0 Å². The summed E-state index contributed by atoms with van der Waals surface area (Å²) in [6, 6.07) is 6.55. The summed E-state index contributed by atoms with van der Waals surface area (Å²) in [7, 11) is 0. The van der Waals surface area contributed by atoms with Crippen molar-refractivity contribution in [2.45, 2.75) is 6.42 Å². The van der Waals surface area contributed by atoms with E-state index in [1.807, 2.05) is 6.20 Å². The Morgan fingerprint density at radius 3 is 3.00 bits per heavy atom. The fraction of sp³-hybridized carbons (Fsp3) is 0.462. The molecular formula is C13H18N4. The maximum Gasteiger partial charge on any atom is 0.0650 e. The Balaban J connectivity index is 1.63. The Labute approximate surface area is 101 Å². The van der Waals surface area contributed by atoms with Crippen molar-refractivity contribution in [2.24, 2.45) is 0 Å². The maximum absolute atomic E-state index is 4.05. The number of aromatic amines is 1. The van der Waals surface area contributed by atoms with Crippen LogP contribution in [0.25, 0.3) is 10.9 Å². The van der Waals surface area contributed by atoms with E-state index < -0.39 is 0 Å². The number of nitrogens with zero attached hydrogens (tertiary/aromatic N) is 2. The zero-order valence-corrected chi connectivity index (χ0v) is 9.95. The lowest BCUT2D eigenvalue weighted by molar-refractivity contribution is 0.244. The van der Waals surface area contributed by atoms with Crippen LogP contribution in [0, 0.1) is 0 Å². The molecule has 0 bridgehead atoms. The molecule has 90 valence electrons. The van der Waals surface area contributed by atoms with E-state index in [9.17, 15) is 0 Å². The Morgan fingerprint density at radius 1 is 1.24 bits per heavy atom. The van der Waals surface area contributed by atoms with Gasteiger partial charge in [0.05, 0.1) is 11.7 Å². The molecule has 0 amide bonds. The van der Waals surface area contributed by atoms with Gasteiger partial charge in [-0.3, -0.25) is 5.10 Å². The van der Waals surface area contributed by atoms with Crippen LogP contribution in [-0.2, 0) is 6.42 Å². The number of fused-ring (bicyclic) bond motifs is 1. The van der Waals surface area contributed by atoms with E-state index in [1.165, 1.54) is 24.0 Å². The van der Waals surface area contributed by atoms with Crippen LogP contribution in [-0.4, -0.2) is 47.8 Å². The minimum atomic E-state index is 1.12. The normalized spacial score (nSPS) is 17.6. The number of aromatic nitrogens is 2. The van der Waals surface area contributed by atoms with Crippen LogP contribution in [0.1, 0.15) is 5.56 Å². The molecule has 1 aliphatic heterocycles. The second-order valence-corrected chi connectivity index (χ2v) is 4.63. The van der Waals surface area contributed by atoms with Crippen LogP contribution < -0.4 is 5.32 Å². The summed E-state index contributed by atoms with van der Waals surface area (Å²) in [5.41, 5.74) is 2.52. The molecule has 0 saturated carbocycles. The van der Waals surface area contributed by atoms with Crippen molar-refractivity contribution in [3.8, 4) is 0 Å². The monoisotopic (exact) mass is 230 g/mol. The summed E-state index contributed by atoms with van der Waals surface area (Å²) in [5, 5.41) is 11.6. The molecule has 2 aromatic rings. The Kier molecular flexibility index (Phi) is 3.07. The van der Waals surface area contributed by atoms with Crippen LogP contribution in [0.15, 0.2) is 24.4 Å². The summed E-state index contributed by atoms with van der Waals surface area (Å²) in [4.78, 5) is 2.52. The van der Waals surface area contributed by atoms with Gasteiger partial charge in [0.25, 0.3) is 0 Å². The third-order valence-electron chi connectivity index (χ3n) is 3.43. The number of rotatable bonds is 3. The van der Waals surface area contributed by atoms with E-state index in [4.69, 9.17) is 0 Å². The lowest BCUT2D eigenvalue weighted by Gasteiger charge is -2.27. The van der Waals surface area contributed by atoms with E-state index in [-0.39, 0.29) is 0 Å². The first kappa shape index (κ1) is 10.7. The first-order chi connectivity index (χ1) is 8.42. The zero-order valence-electron chi connectivity index (χ0n) is 9.95. The second-order valence-electron chi connectivity index (χ2n) is 4.63. The molecule has 0 aliphatic carbocycles. The molecule has 4 nitrogen and oxygen atoms in total. The number of H-pyrrole nitrogens is 1. The smallest absolute Gasteiger partial charge is 0.0650 e. The maximum atomic E-state index is 4.05. The van der Waals surface area contributed by atoms with E-state index >= 15 is 0 Å². The molecule has 1 fully saturated rings. The van der Waals surface area contributed by atoms with Gasteiger partial charge in [0.1, 0.15) is 0 Å². The molecule has 1 aromatic heterocycles. The third kappa shape index (κ3) is 2.48. The van der Waals surface area contributed by atoms with Gasteiger partial charge in [0.2, 0.25) is 0 Å². The predicted octanol–water partition coefficient (Wildman–Crippen LogP) is 1.01. The Morgan fingerprint density at radius 2 is 2.12 bits per heavy atom. The van der Waals surface area contributed by atoms with Gasteiger partial charge in [0, 0.05) is 38.1 Å². The number of hydrogen-bond acceptors (Lipinski definition) is 3. The number of benzene rings is 1. The summed E-state index contributed by atoms with van der Waals surface area (Å²) in [6.07, 6.45) is 3.02. The molecule has 3 rings (SSSR count).